The molecule has 0 aliphatic rings. The van der Waals surface area contributed by atoms with Gasteiger partial charge in [0.2, 0.25) is 0 Å². The molecule has 0 aliphatic heterocycles. The van der Waals surface area contributed by atoms with Gasteiger partial charge in [0.1, 0.15) is 5.40 Å². The van der Waals surface area contributed by atoms with E-state index in [1.54, 1.807) is 0 Å². The average Bonchev–Trinajstić information content (AvgIpc) is 0.918. The number of nitrogens with zero attached hydrogens (tertiary/aromatic N) is 1. The van der Waals surface area contributed by atoms with Crippen molar-refractivity contribution in [1.82, 2.24) is 0 Å². The second-order valence-corrected chi connectivity index (χ2v) is 0.300. The minimum atomic E-state index is 0. The molecule has 28 valence electrons. The third kappa shape index (κ3) is 42.2. The van der Waals surface area contributed by atoms with E-state index in [1.807, 2.05) is 0 Å². The summed E-state index contributed by atoms with van der Waals surface area (Å²) in [5, 5.41) is 8.63. The van der Waals surface area contributed by atoms with Crippen LogP contribution < -0.4 is 0 Å². The largest absolute Gasteiger partial charge is 2.00 e. The van der Waals surface area contributed by atoms with Gasteiger partial charge in [0.05, 0.1) is 0 Å². The van der Waals surface area contributed by atoms with Gasteiger partial charge in [-0.25, -0.2) is 0 Å². The Hall–Kier alpha value is 1.06. The van der Waals surface area contributed by atoms with Gasteiger partial charge in [-0.2, -0.15) is 5.26 Å². The maximum absolute atomic E-state index is 7.18. The van der Waals surface area contributed by atoms with E-state index in [1.165, 1.54) is 5.40 Å². The van der Waals surface area contributed by atoms with E-state index in [2.05, 4.69) is 12.6 Å². The average molecular weight is 119 g/mol. The maximum atomic E-state index is 7.18. The molecule has 0 saturated heterocycles. The first-order chi connectivity index (χ1) is 1.41. The first kappa shape index (κ1) is 16.6. The normalized spacial score (nSPS) is 1.60. The van der Waals surface area contributed by atoms with Crippen molar-refractivity contribution < 1.29 is 8.33 Å². The van der Waals surface area contributed by atoms with E-state index in [0.717, 1.165) is 0 Å². The van der Waals surface area contributed by atoms with Crippen molar-refractivity contribution in [2.24, 2.45) is 0 Å². The predicted octanol–water partition coefficient (Wildman–Crippen LogP) is -0.583. The Morgan fingerprint density at radius 1 is 1.80 bits per heavy atom. The van der Waals surface area contributed by atoms with Gasteiger partial charge in [0, 0.05) is 0 Å². The van der Waals surface area contributed by atoms with E-state index in [4.69, 9.17) is 5.26 Å². The Balaban J connectivity index is -0.00000000333. The van der Waals surface area contributed by atoms with Crippen molar-refractivity contribution in [2.75, 3.05) is 0 Å². The predicted molar refractivity (Wildman–Crippen MR) is 26.2 cm³/mol. The van der Waals surface area contributed by atoms with Crippen molar-refractivity contribution in [2.45, 2.75) is 0 Å². The summed E-state index contributed by atoms with van der Waals surface area (Å²) in [6.07, 6.45) is 0. The molecule has 0 bridgehead atoms. The smallest absolute Gasteiger partial charge is 1.00 e. The van der Waals surface area contributed by atoms with Crippen molar-refractivity contribution in [1.29, 1.82) is 5.26 Å². The summed E-state index contributed by atoms with van der Waals surface area (Å²) in [5.41, 5.74) is 0. The molecule has 2 N–H and O–H groups in total. The fourth-order valence-corrected chi connectivity index (χ4v) is 0. The molecular weight excluding hydrogens is 114 g/mol. The van der Waals surface area contributed by atoms with Crippen molar-refractivity contribution in [3.05, 3.63) is 0 Å². The van der Waals surface area contributed by atoms with Crippen LogP contribution >= 0.6 is 12.6 Å². The Kier molecular flexibility index (Phi) is 65.1. The van der Waals surface area contributed by atoms with E-state index in [9.17, 15) is 0 Å². The summed E-state index contributed by atoms with van der Waals surface area (Å²) in [5.74, 6) is 0. The summed E-state index contributed by atoms with van der Waals surface area (Å²) in [6, 6.07) is 0. The van der Waals surface area contributed by atoms with Gasteiger partial charge in [-0.05, 0) is 0 Å². The maximum Gasteiger partial charge on any atom is 2.00 e. The molecule has 0 amide bonds. The summed E-state index contributed by atoms with van der Waals surface area (Å²) in [4.78, 5) is 0. The summed E-state index contributed by atoms with van der Waals surface area (Å²) in [7, 11) is 0. The molecule has 0 aromatic heterocycles. The second-order valence-electron chi connectivity index (χ2n) is 0.100. The Bertz CT molecular complexity index is 39.2. The molecule has 0 aromatic carbocycles. The van der Waals surface area contributed by atoms with Crippen LogP contribution in [-0.4, -0.2) is 43.2 Å². The van der Waals surface area contributed by atoms with Crippen LogP contribution in [-0.2, 0) is 0 Å². The van der Waals surface area contributed by atoms with E-state index in [0.29, 0.717) is 0 Å². The van der Waals surface area contributed by atoms with Crippen LogP contribution in [0.25, 0.3) is 0 Å². The molecular formula is CH5CaNOS. The molecule has 5 heavy (non-hydrogen) atoms. The molecule has 0 atom stereocenters. The van der Waals surface area contributed by atoms with Crippen LogP contribution in [0.2, 0.25) is 0 Å². The summed E-state index contributed by atoms with van der Waals surface area (Å²) >= 11 is 3.09. The van der Waals surface area contributed by atoms with E-state index in [-0.39, 0.29) is 46.1 Å². The SMILES string of the molecule is N#CS.O.[Ca+2].[H-].[H-]. The van der Waals surface area contributed by atoms with E-state index >= 15 is 0 Å². The monoisotopic (exact) mass is 119 g/mol. The number of thiocyanates is 1. The Labute approximate surface area is 68.9 Å². The molecule has 0 radical (unpaired) electrons. The summed E-state index contributed by atoms with van der Waals surface area (Å²) in [6.45, 7) is 0. The zero-order valence-corrected chi connectivity index (χ0v) is 5.70. The molecule has 0 rings (SSSR count). The van der Waals surface area contributed by atoms with Crippen LogP contribution in [0.3, 0.4) is 0 Å². The molecule has 0 fully saturated rings. The van der Waals surface area contributed by atoms with Gasteiger partial charge in [-0.3, -0.25) is 0 Å². The molecule has 2 nitrogen and oxygen atoms in total. The standard InChI is InChI=1S/CHNS.Ca.H2O.2H/c2-1-3;;;;/h3H;;1H2;;/q;+2;;2*-1. The summed E-state index contributed by atoms with van der Waals surface area (Å²) < 4.78 is 0. The zero-order valence-electron chi connectivity index (χ0n) is 4.60. The fraction of sp³-hybridized carbons (Fsp3) is 0. The van der Waals surface area contributed by atoms with Gasteiger partial charge in [0.25, 0.3) is 0 Å². The topological polar surface area (TPSA) is 55.3 Å². The molecule has 4 heteroatoms. The molecule has 0 unspecified atom stereocenters. The van der Waals surface area contributed by atoms with Crippen molar-refractivity contribution in [3.8, 4) is 5.40 Å². The van der Waals surface area contributed by atoms with Gasteiger partial charge in [-0.15, -0.1) is 0 Å². The molecule has 0 aromatic rings. The third-order valence-corrected chi connectivity index (χ3v) is 0. The number of thiol groups is 1. The van der Waals surface area contributed by atoms with Crippen molar-refractivity contribution in [3.63, 3.8) is 0 Å². The van der Waals surface area contributed by atoms with Crippen LogP contribution in [0.4, 0.5) is 0 Å². The van der Waals surface area contributed by atoms with Crippen molar-refractivity contribution >= 4 is 50.4 Å². The number of hydrogen-bond donors (Lipinski definition) is 1. The molecule has 0 aliphatic carbocycles. The first-order valence-electron chi connectivity index (χ1n) is 0.447. The van der Waals surface area contributed by atoms with Crippen LogP contribution in [0, 0.1) is 10.7 Å². The quantitative estimate of drug-likeness (QED) is 0.259. The first-order valence-corrected chi connectivity index (χ1v) is 0.894. The minimum absolute atomic E-state index is 0. The van der Waals surface area contributed by atoms with Crippen LogP contribution in [0.1, 0.15) is 2.85 Å². The van der Waals surface area contributed by atoms with Gasteiger partial charge in [-0.1, -0.05) is 12.6 Å². The van der Waals surface area contributed by atoms with E-state index < -0.39 is 0 Å². The zero-order chi connectivity index (χ0) is 2.71. The second kappa shape index (κ2) is 19.7. The van der Waals surface area contributed by atoms with Gasteiger partial charge < -0.3 is 8.33 Å². The number of nitriles is 1. The number of rotatable bonds is 0. The molecule has 0 saturated carbocycles. The number of hydrogen-bond acceptors (Lipinski definition) is 2. The molecule has 0 spiro atoms. The Morgan fingerprint density at radius 3 is 1.80 bits per heavy atom. The van der Waals surface area contributed by atoms with Crippen LogP contribution in [0.5, 0.6) is 0 Å². The van der Waals surface area contributed by atoms with Gasteiger partial charge >= 0.3 is 37.7 Å². The Morgan fingerprint density at radius 2 is 1.80 bits per heavy atom. The minimum Gasteiger partial charge on any atom is -1.00 e. The molecule has 0 heterocycles. The fourth-order valence-electron chi connectivity index (χ4n) is 0. The van der Waals surface area contributed by atoms with Crippen LogP contribution in [0.15, 0.2) is 0 Å². The third-order valence-electron chi connectivity index (χ3n) is 0. The van der Waals surface area contributed by atoms with Gasteiger partial charge in [0.15, 0.2) is 0 Å².